The van der Waals surface area contributed by atoms with Crippen molar-refractivity contribution in [1.82, 2.24) is 0 Å². The summed E-state index contributed by atoms with van der Waals surface area (Å²) in [6.45, 7) is 10.7. The predicted octanol–water partition coefficient (Wildman–Crippen LogP) is 4.81. The molecular formula is C14H22. The lowest BCUT2D eigenvalue weighted by atomic mass is 10.0. The molecule has 0 N–H and O–H groups in total. The van der Waals surface area contributed by atoms with Gasteiger partial charge in [-0.3, -0.25) is 0 Å². The zero-order valence-electron chi connectivity index (χ0n) is 10.1. The molecule has 0 fully saturated rings. The second-order valence-corrected chi connectivity index (χ2v) is 3.70. The summed E-state index contributed by atoms with van der Waals surface area (Å²) in [6.07, 6.45) is 11.6. The van der Waals surface area contributed by atoms with Crippen LogP contribution in [0.1, 0.15) is 41.0 Å². The molecule has 0 saturated carbocycles. The summed E-state index contributed by atoms with van der Waals surface area (Å²) in [5.74, 6) is 0. The molecular weight excluding hydrogens is 168 g/mol. The Morgan fingerprint density at radius 1 is 0.929 bits per heavy atom. The van der Waals surface area contributed by atoms with Crippen molar-refractivity contribution < 1.29 is 0 Å². The molecule has 0 unspecified atom stereocenters. The number of allylic oxidation sites excluding steroid dienone is 8. The molecule has 0 aromatic rings. The van der Waals surface area contributed by atoms with Crippen LogP contribution in [0.3, 0.4) is 0 Å². The lowest BCUT2D eigenvalue weighted by molar-refractivity contribution is 1.22. The molecule has 78 valence electrons. The fraction of sp³-hybridized carbons (Fsp3) is 0.429. The molecule has 0 aliphatic rings. The van der Waals surface area contributed by atoms with Crippen molar-refractivity contribution in [3.63, 3.8) is 0 Å². The third kappa shape index (κ3) is 5.58. The third-order valence-electron chi connectivity index (χ3n) is 2.28. The molecule has 0 radical (unpaired) electrons. The highest BCUT2D eigenvalue weighted by Gasteiger charge is 1.92. The Hall–Kier alpha value is -1.04. The van der Waals surface area contributed by atoms with Gasteiger partial charge in [0.05, 0.1) is 0 Å². The third-order valence-corrected chi connectivity index (χ3v) is 2.28. The minimum Gasteiger partial charge on any atom is -0.0848 e. The first kappa shape index (κ1) is 13.0. The van der Waals surface area contributed by atoms with Gasteiger partial charge in [-0.1, -0.05) is 42.9 Å². The van der Waals surface area contributed by atoms with Gasteiger partial charge in [-0.05, 0) is 45.3 Å². The van der Waals surface area contributed by atoms with Crippen molar-refractivity contribution in [3.05, 3.63) is 47.1 Å². The molecule has 0 aliphatic carbocycles. The second-order valence-electron chi connectivity index (χ2n) is 3.70. The van der Waals surface area contributed by atoms with E-state index in [0.29, 0.717) is 0 Å². The Kier molecular flexibility index (Phi) is 6.82. The summed E-state index contributed by atoms with van der Waals surface area (Å²) in [4.78, 5) is 0. The van der Waals surface area contributed by atoms with Gasteiger partial charge >= 0.3 is 0 Å². The first-order valence-electron chi connectivity index (χ1n) is 5.24. The van der Waals surface area contributed by atoms with Crippen molar-refractivity contribution >= 4 is 0 Å². The van der Waals surface area contributed by atoms with Crippen molar-refractivity contribution in [2.75, 3.05) is 0 Å². The van der Waals surface area contributed by atoms with E-state index in [-0.39, 0.29) is 0 Å². The standard InChI is InChI=1S/C14H22/c1-6-7-8-9-10-11-13(4)14(5)12(2)3/h7-11H,6H2,1-5H3/b8-7+,10-9+,13-11+. The molecule has 0 amide bonds. The molecule has 0 aromatic carbocycles. The number of hydrogen-bond donors (Lipinski definition) is 0. The highest BCUT2D eigenvalue weighted by Crippen LogP contribution is 2.12. The first-order valence-corrected chi connectivity index (χ1v) is 5.24. The Morgan fingerprint density at radius 3 is 2.07 bits per heavy atom. The van der Waals surface area contributed by atoms with Crippen LogP contribution in [0.15, 0.2) is 47.1 Å². The SMILES string of the molecule is CC/C=C/C=C/C=C(\C)C(C)=C(C)C. The summed E-state index contributed by atoms with van der Waals surface area (Å²) in [7, 11) is 0. The van der Waals surface area contributed by atoms with Crippen LogP contribution in [0, 0.1) is 0 Å². The van der Waals surface area contributed by atoms with Crippen LogP contribution >= 0.6 is 0 Å². The van der Waals surface area contributed by atoms with Gasteiger partial charge in [0.25, 0.3) is 0 Å². The van der Waals surface area contributed by atoms with Gasteiger partial charge in [-0.2, -0.15) is 0 Å². The van der Waals surface area contributed by atoms with E-state index in [2.05, 4.69) is 65.0 Å². The zero-order chi connectivity index (χ0) is 11.0. The van der Waals surface area contributed by atoms with Crippen LogP contribution in [0.4, 0.5) is 0 Å². The Bertz CT molecular complexity index is 268. The maximum Gasteiger partial charge on any atom is -0.0376 e. The quantitative estimate of drug-likeness (QED) is 0.558. The van der Waals surface area contributed by atoms with E-state index in [4.69, 9.17) is 0 Å². The van der Waals surface area contributed by atoms with Gasteiger partial charge in [-0.15, -0.1) is 0 Å². The van der Waals surface area contributed by atoms with Crippen LogP contribution in [-0.4, -0.2) is 0 Å². The minimum atomic E-state index is 1.10. The van der Waals surface area contributed by atoms with Crippen LogP contribution in [-0.2, 0) is 0 Å². The lowest BCUT2D eigenvalue weighted by Gasteiger charge is -2.02. The molecule has 0 rings (SSSR count). The van der Waals surface area contributed by atoms with Crippen LogP contribution in [0.5, 0.6) is 0 Å². The average Bonchev–Trinajstić information content (AvgIpc) is 2.16. The molecule has 0 spiro atoms. The Balaban J connectivity index is 4.34. The fourth-order valence-electron chi connectivity index (χ4n) is 0.998. The van der Waals surface area contributed by atoms with Crippen LogP contribution in [0.25, 0.3) is 0 Å². The first-order chi connectivity index (χ1) is 6.59. The van der Waals surface area contributed by atoms with E-state index < -0.39 is 0 Å². The van der Waals surface area contributed by atoms with Gasteiger partial charge in [0, 0.05) is 0 Å². The minimum absolute atomic E-state index is 1.10. The van der Waals surface area contributed by atoms with E-state index in [1.54, 1.807) is 0 Å². The predicted molar refractivity (Wildman–Crippen MR) is 66.4 cm³/mol. The van der Waals surface area contributed by atoms with Gasteiger partial charge in [0.15, 0.2) is 0 Å². The molecule has 0 bridgehead atoms. The lowest BCUT2D eigenvalue weighted by Crippen LogP contribution is -1.81. The van der Waals surface area contributed by atoms with Crippen molar-refractivity contribution in [2.24, 2.45) is 0 Å². The Labute approximate surface area is 88.7 Å². The van der Waals surface area contributed by atoms with Crippen LogP contribution < -0.4 is 0 Å². The fourth-order valence-corrected chi connectivity index (χ4v) is 0.998. The molecule has 0 atom stereocenters. The molecule has 14 heavy (non-hydrogen) atoms. The smallest absolute Gasteiger partial charge is 0.0376 e. The summed E-state index contributed by atoms with van der Waals surface area (Å²) < 4.78 is 0. The van der Waals surface area contributed by atoms with Crippen molar-refractivity contribution in [3.8, 4) is 0 Å². The van der Waals surface area contributed by atoms with Gasteiger partial charge < -0.3 is 0 Å². The molecule has 0 nitrogen and oxygen atoms in total. The van der Waals surface area contributed by atoms with Gasteiger partial charge in [0.1, 0.15) is 0 Å². The van der Waals surface area contributed by atoms with E-state index in [1.807, 2.05) is 0 Å². The van der Waals surface area contributed by atoms with E-state index in [9.17, 15) is 0 Å². The van der Waals surface area contributed by atoms with E-state index in [1.165, 1.54) is 16.7 Å². The average molecular weight is 190 g/mol. The summed E-state index contributed by atoms with van der Waals surface area (Å²) in [5.41, 5.74) is 4.11. The van der Waals surface area contributed by atoms with E-state index in [0.717, 1.165) is 6.42 Å². The van der Waals surface area contributed by atoms with Gasteiger partial charge in [0.2, 0.25) is 0 Å². The maximum atomic E-state index is 2.16. The Morgan fingerprint density at radius 2 is 1.57 bits per heavy atom. The molecule has 0 aliphatic heterocycles. The second kappa shape index (κ2) is 7.37. The summed E-state index contributed by atoms with van der Waals surface area (Å²) in [6, 6.07) is 0. The van der Waals surface area contributed by atoms with Crippen LogP contribution in [0.2, 0.25) is 0 Å². The monoisotopic (exact) mass is 190 g/mol. The topological polar surface area (TPSA) is 0 Å². The largest absolute Gasteiger partial charge is 0.0848 e. The highest BCUT2D eigenvalue weighted by atomic mass is 14.0. The van der Waals surface area contributed by atoms with Gasteiger partial charge in [-0.25, -0.2) is 0 Å². The molecule has 0 aromatic heterocycles. The molecule has 0 saturated heterocycles. The maximum absolute atomic E-state index is 2.16. The summed E-state index contributed by atoms with van der Waals surface area (Å²) in [5, 5.41) is 0. The molecule has 0 heterocycles. The zero-order valence-corrected chi connectivity index (χ0v) is 10.1. The van der Waals surface area contributed by atoms with Crippen molar-refractivity contribution in [1.29, 1.82) is 0 Å². The number of hydrogen-bond acceptors (Lipinski definition) is 0. The normalized spacial score (nSPS) is 12.8. The highest BCUT2D eigenvalue weighted by molar-refractivity contribution is 5.33. The number of rotatable bonds is 4. The van der Waals surface area contributed by atoms with Crippen molar-refractivity contribution in [2.45, 2.75) is 41.0 Å². The van der Waals surface area contributed by atoms with E-state index >= 15 is 0 Å². The summed E-state index contributed by atoms with van der Waals surface area (Å²) >= 11 is 0. The molecule has 0 heteroatoms.